The molecular weight excluding hydrogens is 291 g/mol. The monoisotopic (exact) mass is 320 g/mol. The van der Waals surface area contributed by atoms with Crippen LogP contribution in [-0.4, -0.2) is 43.3 Å². The SMILES string of the molecule is Cc1ccc(CNCC2(N3CCCCC3)CCOCC2)cc1F. The van der Waals surface area contributed by atoms with E-state index in [2.05, 4.69) is 10.2 Å². The van der Waals surface area contributed by atoms with Crippen LogP contribution in [0.3, 0.4) is 0 Å². The zero-order chi connectivity index (χ0) is 16.1. The number of piperidine rings is 1. The normalized spacial score (nSPS) is 22.2. The number of ether oxygens (including phenoxy) is 1. The first kappa shape index (κ1) is 16.9. The zero-order valence-corrected chi connectivity index (χ0v) is 14.2. The third-order valence-corrected chi connectivity index (χ3v) is 5.47. The fourth-order valence-corrected chi connectivity index (χ4v) is 3.91. The van der Waals surface area contributed by atoms with Crippen molar-refractivity contribution >= 4 is 0 Å². The number of hydrogen-bond acceptors (Lipinski definition) is 3. The highest BCUT2D eigenvalue weighted by Crippen LogP contribution is 2.30. The van der Waals surface area contributed by atoms with Crippen LogP contribution in [0, 0.1) is 12.7 Å². The van der Waals surface area contributed by atoms with Crippen LogP contribution in [0.15, 0.2) is 18.2 Å². The fourth-order valence-electron chi connectivity index (χ4n) is 3.91. The molecule has 3 nitrogen and oxygen atoms in total. The molecule has 23 heavy (non-hydrogen) atoms. The van der Waals surface area contributed by atoms with Crippen molar-refractivity contribution < 1.29 is 9.13 Å². The van der Waals surface area contributed by atoms with Gasteiger partial charge < -0.3 is 10.1 Å². The Bertz CT molecular complexity index is 508. The maximum absolute atomic E-state index is 13.7. The minimum Gasteiger partial charge on any atom is -0.381 e. The summed E-state index contributed by atoms with van der Waals surface area (Å²) in [6.07, 6.45) is 6.18. The van der Waals surface area contributed by atoms with E-state index in [-0.39, 0.29) is 11.4 Å². The Labute approximate surface area is 139 Å². The third-order valence-electron chi connectivity index (χ3n) is 5.47. The van der Waals surface area contributed by atoms with Gasteiger partial charge in [0.05, 0.1) is 0 Å². The summed E-state index contributed by atoms with van der Waals surface area (Å²) >= 11 is 0. The van der Waals surface area contributed by atoms with Gasteiger partial charge in [0.2, 0.25) is 0 Å². The minimum absolute atomic E-state index is 0.110. The lowest BCUT2D eigenvalue weighted by Gasteiger charge is -2.48. The molecule has 1 aromatic carbocycles. The number of aryl methyl sites for hydroxylation is 1. The van der Waals surface area contributed by atoms with Gasteiger partial charge >= 0.3 is 0 Å². The summed E-state index contributed by atoms with van der Waals surface area (Å²) in [6.45, 7) is 7.63. The van der Waals surface area contributed by atoms with Gasteiger partial charge in [-0.15, -0.1) is 0 Å². The van der Waals surface area contributed by atoms with Gasteiger partial charge in [-0.2, -0.15) is 0 Å². The van der Waals surface area contributed by atoms with Crippen molar-refractivity contribution in [2.75, 3.05) is 32.8 Å². The largest absolute Gasteiger partial charge is 0.381 e. The first-order valence-corrected chi connectivity index (χ1v) is 8.98. The molecule has 0 aromatic heterocycles. The van der Waals surface area contributed by atoms with Crippen molar-refractivity contribution in [1.29, 1.82) is 0 Å². The molecule has 3 rings (SSSR count). The van der Waals surface area contributed by atoms with Gasteiger partial charge in [-0.1, -0.05) is 18.6 Å². The molecule has 2 aliphatic rings. The van der Waals surface area contributed by atoms with Crippen LogP contribution in [0.2, 0.25) is 0 Å². The van der Waals surface area contributed by atoms with Crippen LogP contribution in [0.4, 0.5) is 4.39 Å². The molecule has 1 aromatic rings. The Morgan fingerprint density at radius 2 is 1.91 bits per heavy atom. The molecule has 0 unspecified atom stereocenters. The second-order valence-electron chi connectivity index (χ2n) is 7.07. The molecule has 2 fully saturated rings. The van der Waals surface area contributed by atoms with Crippen molar-refractivity contribution in [2.45, 2.75) is 51.1 Å². The van der Waals surface area contributed by atoms with E-state index in [1.165, 1.54) is 32.4 Å². The van der Waals surface area contributed by atoms with Crippen molar-refractivity contribution in [3.63, 3.8) is 0 Å². The van der Waals surface area contributed by atoms with Crippen LogP contribution in [0.1, 0.15) is 43.2 Å². The Morgan fingerprint density at radius 3 is 2.61 bits per heavy atom. The van der Waals surface area contributed by atoms with Gasteiger partial charge in [-0.3, -0.25) is 4.90 Å². The third kappa shape index (κ3) is 4.11. The number of hydrogen-bond donors (Lipinski definition) is 1. The summed E-state index contributed by atoms with van der Waals surface area (Å²) in [4.78, 5) is 2.68. The molecule has 0 spiro atoms. The summed E-state index contributed by atoms with van der Waals surface area (Å²) in [7, 11) is 0. The highest BCUT2D eigenvalue weighted by Gasteiger charge is 2.38. The highest BCUT2D eigenvalue weighted by atomic mass is 19.1. The summed E-state index contributed by atoms with van der Waals surface area (Å²) < 4.78 is 19.3. The Morgan fingerprint density at radius 1 is 1.17 bits per heavy atom. The summed E-state index contributed by atoms with van der Waals surface area (Å²) in [6, 6.07) is 5.53. The fraction of sp³-hybridized carbons (Fsp3) is 0.684. The minimum atomic E-state index is -0.110. The zero-order valence-electron chi connectivity index (χ0n) is 14.2. The standard InChI is InChI=1S/C19H29FN2O/c1-16-5-6-17(13-18(16)20)14-21-15-19(7-11-23-12-8-19)22-9-3-2-4-10-22/h5-6,13,21H,2-4,7-12,14-15H2,1H3. The van der Waals surface area contributed by atoms with Crippen LogP contribution in [0.5, 0.6) is 0 Å². The molecule has 1 N–H and O–H groups in total. The molecular formula is C19H29FN2O. The van der Waals surface area contributed by atoms with E-state index in [4.69, 9.17) is 4.74 Å². The molecule has 0 atom stereocenters. The number of benzene rings is 1. The molecule has 0 amide bonds. The van der Waals surface area contributed by atoms with Crippen molar-refractivity contribution in [3.8, 4) is 0 Å². The molecule has 0 saturated carbocycles. The van der Waals surface area contributed by atoms with Gasteiger partial charge in [0.15, 0.2) is 0 Å². The van der Waals surface area contributed by atoms with E-state index in [9.17, 15) is 4.39 Å². The average molecular weight is 320 g/mol. The van der Waals surface area contributed by atoms with E-state index in [1.807, 2.05) is 12.1 Å². The maximum atomic E-state index is 13.7. The van der Waals surface area contributed by atoms with Crippen molar-refractivity contribution in [2.24, 2.45) is 0 Å². The van der Waals surface area contributed by atoms with E-state index >= 15 is 0 Å². The number of nitrogens with zero attached hydrogens (tertiary/aromatic N) is 1. The van der Waals surface area contributed by atoms with Crippen LogP contribution < -0.4 is 5.32 Å². The number of nitrogens with one attached hydrogen (secondary N) is 1. The Balaban J connectivity index is 1.60. The Hall–Kier alpha value is -0.970. The smallest absolute Gasteiger partial charge is 0.126 e. The molecule has 0 bridgehead atoms. The number of halogens is 1. The van der Waals surface area contributed by atoms with Gasteiger partial charge in [-0.05, 0) is 62.9 Å². The molecule has 2 aliphatic heterocycles. The van der Waals surface area contributed by atoms with E-state index < -0.39 is 0 Å². The molecule has 4 heteroatoms. The predicted molar refractivity (Wildman–Crippen MR) is 91.1 cm³/mol. The first-order valence-electron chi connectivity index (χ1n) is 8.98. The lowest BCUT2D eigenvalue weighted by molar-refractivity contribution is -0.0358. The van der Waals surface area contributed by atoms with Crippen LogP contribution in [-0.2, 0) is 11.3 Å². The van der Waals surface area contributed by atoms with Crippen LogP contribution in [0.25, 0.3) is 0 Å². The molecule has 0 radical (unpaired) electrons. The van der Waals surface area contributed by atoms with E-state index in [0.29, 0.717) is 5.56 Å². The summed E-state index contributed by atoms with van der Waals surface area (Å²) in [5.41, 5.74) is 1.96. The van der Waals surface area contributed by atoms with E-state index in [0.717, 1.165) is 44.7 Å². The summed E-state index contributed by atoms with van der Waals surface area (Å²) in [5, 5.41) is 3.59. The van der Waals surface area contributed by atoms with Gasteiger partial charge in [0, 0.05) is 31.8 Å². The van der Waals surface area contributed by atoms with Crippen LogP contribution >= 0.6 is 0 Å². The molecule has 2 saturated heterocycles. The van der Waals surface area contributed by atoms with Crippen molar-refractivity contribution in [1.82, 2.24) is 10.2 Å². The number of rotatable bonds is 5. The quantitative estimate of drug-likeness (QED) is 0.901. The predicted octanol–water partition coefficient (Wildman–Crippen LogP) is 3.26. The lowest BCUT2D eigenvalue weighted by atomic mass is 9.86. The summed E-state index contributed by atoms with van der Waals surface area (Å²) in [5.74, 6) is -0.110. The molecule has 0 aliphatic carbocycles. The average Bonchev–Trinajstić information content (AvgIpc) is 2.60. The van der Waals surface area contributed by atoms with Gasteiger partial charge in [-0.25, -0.2) is 4.39 Å². The van der Waals surface area contributed by atoms with Gasteiger partial charge in [0.25, 0.3) is 0 Å². The first-order chi connectivity index (χ1) is 11.2. The second-order valence-corrected chi connectivity index (χ2v) is 7.07. The highest BCUT2D eigenvalue weighted by molar-refractivity contribution is 5.23. The van der Waals surface area contributed by atoms with Gasteiger partial charge in [0.1, 0.15) is 5.82 Å². The van der Waals surface area contributed by atoms with E-state index in [1.54, 1.807) is 13.0 Å². The van der Waals surface area contributed by atoms with Crippen molar-refractivity contribution in [3.05, 3.63) is 35.1 Å². The molecule has 128 valence electrons. The lowest BCUT2D eigenvalue weighted by Crippen LogP contribution is -2.59. The molecule has 2 heterocycles. The second kappa shape index (κ2) is 7.73. The topological polar surface area (TPSA) is 24.5 Å². The number of likely N-dealkylation sites (tertiary alicyclic amines) is 1. The maximum Gasteiger partial charge on any atom is 0.126 e. The Kier molecular flexibility index (Phi) is 5.67.